The van der Waals surface area contributed by atoms with Crippen molar-refractivity contribution in [2.75, 3.05) is 49.5 Å². The largest absolute Gasteiger partial charge is 0.388 e. The zero-order valence-electron chi connectivity index (χ0n) is 33.5. The molecule has 6 heterocycles. The van der Waals surface area contributed by atoms with Gasteiger partial charge in [-0.3, -0.25) is 43.7 Å². The van der Waals surface area contributed by atoms with Gasteiger partial charge < -0.3 is 15.3 Å². The Morgan fingerprint density at radius 2 is 1.66 bits per heavy atom. The number of hydrogen-bond donors (Lipinski definition) is 3. The van der Waals surface area contributed by atoms with E-state index in [2.05, 4.69) is 20.5 Å². The Balaban J connectivity index is 0.806. The monoisotopic (exact) mass is 855 g/mol. The summed E-state index contributed by atoms with van der Waals surface area (Å²) in [4.78, 5) is 77.7. The highest BCUT2D eigenvalue weighted by molar-refractivity contribution is 7.89. The minimum absolute atomic E-state index is 0.00321. The molecule has 19 heteroatoms. The third kappa shape index (κ3) is 7.57. The Labute approximate surface area is 350 Å². The number of pyridine rings is 1. The van der Waals surface area contributed by atoms with Crippen molar-refractivity contribution in [2.45, 2.75) is 87.0 Å². The molecule has 3 atom stereocenters. The van der Waals surface area contributed by atoms with E-state index in [1.165, 1.54) is 16.4 Å². The van der Waals surface area contributed by atoms with Crippen LogP contribution >= 0.6 is 0 Å². The number of rotatable bonds is 9. The minimum Gasteiger partial charge on any atom is -0.388 e. The van der Waals surface area contributed by atoms with Gasteiger partial charge in [0.1, 0.15) is 17.5 Å². The smallest absolute Gasteiger partial charge is 0.262 e. The van der Waals surface area contributed by atoms with Crippen molar-refractivity contribution in [3.05, 3.63) is 87.6 Å². The van der Waals surface area contributed by atoms with Gasteiger partial charge in [0, 0.05) is 75.9 Å². The molecule has 0 bridgehead atoms. The standard InChI is InChI=1S/C42H46FN9O8S/c1-42(58)13-3-6-34(42)52-36(54)10-7-26-23-44-41(47-37(26)52)45-27-11-14-50(15-12-27)61(59,60)28-5-2-4-25(20-28)24-48-16-18-49(19-17-48)33-22-30-29(21-31(33)43)39(56)51(40(30)57)32-8-9-35(53)46-38(32)55/h2,4-5,7,10,20-23,27,32,34,58H,3,6,8-9,11-19,24H2,1H3,(H,44,45,47)(H,46,53,55). The van der Waals surface area contributed by atoms with Gasteiger partial charge in [0.05, 0.1) is 33.4 Å². The highest BCUT2D eigenvalue weighted by Crippen LogP contribution is 2.39. The first-order valence-electron chi connectivity index (χ1n) is 20.7. The molecule has 3 saturated heterocycles. The number of nitrogens with one attached hydrogen (secondary N) is 2. The second kappa shape index (κ2) is 15.7. The maximum Gasteiger partial charge on any atom is 0.262 e. The molecule has 5 aliphatic rings. The van der Waals surface area contributed by atoms with Gasteiger partial charge in [-0.1, -0.05) is 12.1 Å². The fourth-order valence-corrected chi connectivity index (χ4v) is 11.0. The van der Waals surface area contributed by atoms with E-state index in [0.29, 0.717) is 75.4 Å². The third-order valence-electron chi connectivity index (χ3n) is 12.8. The zero-order chi connectivity index (χ0) is 42.8. The van der Waals surface area contributed by atoms with Gasteiger partial charge in [-0.2, -0.15) is 9.29 Å². The molecule has 4 aliphatic heterocycles. The van der Waals surface area contributed by atoms with E-state index in [0.717, 1.165) is 23.0 Å². The second-order valence-electron chi connectivity index (χ2n) is 16.8. The van der Waals surface area contributed by atoms with Crippen LogP contribution in [0.2, 0.25) is 0 Å². The van der Waals surface area contributed by atoms with Gasteiger partial charge in [-0.15, -0.1) is 0 Å². The summed E-state index contributed by atoms with van der Waals surface area (Å²) in [5.74, 6) is -3.02. The van der Waals surface area contributed by atoms with Crippen molar-refractivity contribution < 1.29 is 37.1 Å². The fraction of sp³-hybridized carbons (Fsp3) is 0.452. The molecule has 2 aromatic carbocycles. The zero-order valence-corrected chi connectivity index (χ0v) is 34.4. The summed E-state index contributed by atoms with van der Waals surface area (Å²) in [5.41, 5.74) is 0.0480. The van der Waals surface area contributed by atoms with Gasteiger partial charge in [0.2, 0.25) is 27.8 Å². The topological polar surface area (TPSA) is 207 Å². The number of nitrogens with zero attached hydrogens (tertiary/aromatic N) is 7. The third-order valence-corrected chi connectivity index (χ3v) is 14.7. The summed E-state index contributed by atoms with van der Waals surface area (Å²) in [6, 6.07) is 10.8. The Hall–Kier alpha value is -5.63. The highest BCUT2D eigenvalue weighted by Gasteiger charge is 2.45. The molecule has 9 rings (SSSR count). The second-order valence-corrected chi connectivity index (χ2v) is 18.7. The summed E-state index contributed by atoms with van der Waals surface area (Å²) in [5, 5.41) is 17.2. The summed E-state index contributed by atoms with van der Waals surface area (Å²) in [6.07, 6.45) is 4.72. The molecule has 1 aliphatic carbocycles. The van der Waals surface area contributed by atoms with Crippen LogP contribution in [0.1, 0.15) is 84.2 Å². The quantitative estimate of drug-likeness (QED) is 0.207. The number of hydrogen-bond acceptors (Lipinski definition) is 13. The van der Waals surface area contributed by atoms with E-state index in [9.17, 15) is 37.5 Å². The van der Waals surface area contributed by atoms with Crippen molar-refractivity contribution in [3.8, 4) is 0 Å². The molecule has 320 valence electrons. The molecule has 61 heavy (non-hydrogen) atoms. The summed E-state index contributed by atoms with van der Waals surface area (Å²) < 4.78 is 46.3. The Bertz CT molecular complexity index is 2640. The maximum absolute atomic E-state index is 15.5. The summed E-state index contributed by atoms with van der Waals surface area (Å²) in [7, 11) is -3.81. The van der Waals surface area contributed by atoms with Crippen LogP contribution in [0, 0.1) is 5.82 Å². The van der Waals surface area contributed by atoms with Gasteiger partial charge >= 0.3 is 0 Å². The molecule has 0 spiro atoms. The molecular weight excluding hydrogens is 810 g/mol. The molecule has 4 fully saturated rings. The Morgan fingerprint density at radius 1 is 0.918 bits per heavy atom. The highest BCUT2D eigenvalue weighted by atomic mass is 32.2. The number of carbonyl (C=O) groups excluding carboxylic acids is 4. The molecule has 0 radical (unpaired) electrons. The number of fused-ring (bicyclic) bond motifs is 2. The van der Waals surface area contributed by atoms with Crippen LogP contribution in [0.25, 0.3) is 11.0 Å². The molecule has 3 unspecified atom stereocenters. The summed E-state index contributed by atoms with van der Waals surface area (Å²) >= 11 is 0. The van der Waals surface area contributed by atoms with E-state index >= 15 is 4.39 Å². The molecule has 4 aromatic rings. The van der Waals surface area contributed by atoms with E-state index in [1.54, 1.807) is 46.9 Å². The predicted octanol–water partition coefficient (Wildman–Crippen LogP) is 2.40. The summed E-state index contributed by atoms with van der Waals surface area (Å²) in [6.45, 7) is 4.62. The predicted molar refractivity (Wildman–Crippen MR) is 220 cm³/mol. The number of halogens is 1. The van der Waals surface area contributed by atoms with Crippen LogP contribution in [-0.2, 0) is 26.2 Å². The van der Waals surface area contributed by atoms with Crippen molar-refractivity contribution >= 4 is 56.3 Å². The molecular formula is C42H46FN9O8S. The lowest BCUT2D eigenvalue weighted by molar-refractivity contribution is -0.136. The average molecular weight is 856 g/mol. The minimum atomic E-state index is -3.81. The first-order chi connectivity index (χ1) is 29.2. The molecule has 1 saturated carbocycles. The van der Waals surface area contributed by atoms with E-state index in [-0.39, 0.29) is 59.2 Å². The SMILES string of the molecule is CC1(O)CCCC1n1c(=O)ccc2cnc(NC3CCN(S(=O)(=O)c4cccc(CN5CCN(c6cc7c(cc6F)C(=O)N(C6CCC(=O)NC6=O)C7=O)CC5)c4)CC3)nc21. The number of benzene rings is 2. The average Bonchev–Trinajstić information content (AvgIpc) is 3.70. The van der Waals surface area contributed by atoms with E-state index in [4.69, 9.17) is 4.98 Å². The molecule has 2 aromatic heterocycles. The van der Waals surface area contributed by atoms with Gasteiger partial charge in [-0.05, 0) is 81.3 Å². The number of carbonyl (C=O) groups is 4. The van der Waals surface area contributed by atoms with Gasteiger partial charge in [0.15, 0.2) is 0 Å². The number of anilines is 2. The first-order valence-corrected chi connectivity index (χ1v) is 22.1. The number of piperazine rings is 1. The Kier molecular flexibility index (Phi) is 10.5. The number of amides is 4. The van der Waals surface area contributed by atoms with Crippen LogP contribution in [0.4, 0.5) is 16.0 Å². The number of piperidine rings is 2. The lowest BCUT2D eigenvalue weighted by Gasteiger charge is -2.36. The van der Waals surface area contributed by atoms with Crippen LogP contribution in [0.3, 0.4) is 0 Å². The number of imide groups is 2. The van der Waals surface area contributed by atoms with Crippen LogP contribution in [0.15, 0.2) is 64.4 Å². The van der Waals surface area contributed by atoms with E-state index < -0.39 is 57.2 Å². The number of aromatic nitrogens is 3. The number of sulfonamides is 1. The van der Waals surface area contributed by atoms with Crippen LogP contribution in [0.5, 0.6) is 0 Å². The maximum atomic E-state index is 15.5. The van der Waals surface area contributed by atoms with Gasteiger partial charge in [0.25, 0.3) is 17.4 Å². The van der Waals surface area contributed by atoms with Crippen molar-refractivity contribution in [1.29, 1.82) is 0 Å². The van der Waals surface area contributed by atoms with Gasteiger partial charge in [-0.25, -0.2) is 17.8 Å². The molecule has 17 nitrogen and oxygen atoms in total. The van der Waals surface area contributed by atoms with E-state index in [1.807, 2.05) is 6.07 Å². The fourth-order valence-electron chi connectivity index (χ4n) is 9.45. The van der Waals surface area contributed by atoms with Crippen molar-refractivity contribution in [2.24, 2.45) is 0 Å². The van der Waals surface area contributed by atoms with Crippen LogP contribution in [-0.4, -0.2) is 123 Å². The van der Waals surface area contributed by atoms with Crippen molar-refractivity contribution in [3.63, 3.8) is 0 Å². The van der Waals surface area contributed by atoms with Crippen LogP contribution < -0.4 is 21.1 Å². The lowest BCUT2D eigenvalue weighted by Crippen LogP contribution is -2.54. The normalized spacial score (nSPS) is 24.4. The molecule has 4 amide bonds. The Morgan fingerprint density at radius 3 is 2.36 bits per heavy atom. The van der Waals surface area contributed by atoms with Crippen molar-refractivity contribution in [1.82, 2.24) is 34.0 Å². The molecule has 3 N–H and O–H groups in total. The lowest BCUT2D eigenvalue weighted by atomic mass is 10.00. The first kappa shape index (κ1) is 40.8. The number of aliphatic hydroxyl groups is 1.